The van der Waals surface area contributed by atoms with Crippen LogP contribution in [0.2, 0.25) is 0 Å². The van der Waals surface area contributed by atoms with Crippen molar-refractivity contribution < 1.29 is 13.2 Å². The molecule has 2 saturated heterocycles. The Hall–Kier alpha value is -0.630. The summed E-state index contributed by atoms with van der Waals surface area (Å²) in [6, 6.07) is 4.63. The van der Waals surface area contributed by atoms with Crippen molar-refractivity contribution in [2.24, 2.45) is 0 Å². The Labute approximate surface area is 120 Å². The van der Waals surface area contributed by atoms with E-state index in [0.717, 1.165) is 19.3 Å². The van der Waals surface area contributed by atoms with Gasteiger partial charge in [-0.25, -0.2) is 13.1 Å². The maximum Gasteiger partial charge on any atom is 0.242 e. The third-order valence-electron chi connectivity index (χ3n) is 3.66. The van der Waals surface area contributed by atoms with E-state index in [-0.39, 0.29) is 23.1 Å². The first kappa shape index (κ1) is 13.4. The molecule has 0 amide bonds. The van der Waals surface area contributed by atoms with E-state index in [1.807, 2.05) is 0 Å². The number of nitrogen functional groups attached to an aromatic ring is 1. The van der Waals surface area contributed by atoms with Crippen LogP contribution < -0.4 is 10.5 Å². The third kappa shape index (κ3) is 2.52. The maximum absolute atomic E-state index is 12.4. The largest absolute Gasteiger partial charge is 0.399 e. The number of nitrogens with one attached hydrogen (secondary N) is 1. The average Bonchev–Trinajstić information content (AvgIpc) is 2.93. The summed E-state index contributed by atoms with van der Waals surface area (Å²) < 4.78 is 33.7. The monoisotopic (exact) mass is 346 g/mol. The summed E-state index contributed by atoms with van der Waals surface area (Å²) >= 11 is 3.25. The van der Waals surface area contributed by atoms with Crippen molar-refractivity contribution in [2.45, 2.75) is 42.4 Å². The molecule has 2 heterocycles. The highest BCUT2D eigenvalue weighted by atomic mass is 79.9. The Balaban J connectivity index is 1.85. The summed E-state index contributed by atoms with van der Waals surface area (Å²) in [5.41, 5.74) is 6.08. The molecule has 2 fully saturated rings. The van der Waals surface area contributed by atoms with Crippen LogP contribution in [0.5, 0.6) is 0 Å². The van der Waals surface area contributed by atoms with E-state index < -0.39 is 10.0 Å². The summed E-state index contributed by atoms with van der Waals surface area (Å²) in [7, 11) is -3.58. The molecule has 0 spiro atoms. The predicted molar refractivity (Wildman–Crippen MR) is 75.2 cm³/mol. The molecule has 0 saturated carbocycles. The summed E-state index contributed by atoms with van der Waals surface area (Å²) in [6.45, 7) is 0. The molecule has 3 N–H and O–H groups in total. The Morgan fingerprint density at radius 3 is 2.79 bits per heavy atom. The van der Waals surface area contributed by atoms with Gasteiger partial charge in [0.05, 0.1) is 23.1 Å². The first-order valence-electron chi connectivity index (χ1n) is 6.18. The van der Waals surface area contributed by atoms with E-state index in [2.05, 4.69) is 20.7 Å². The van der Waals surface area contributed by atoms with Gasteiger partial charge in [0.1, 0.15) is 0 Å². The lowest BCUT2D eigenvalue weighted by Crippen LogP contribution is -2.41. The van der Waals surface area contributed by atoms with Crippen LogP contribution in [0.25, 0.3) is 0 Å². The zero-order chi connectivity index (χ0) is 13.6. The van der Waals surface area contributed by atoms with Gasteiger partial charge in [-0.15, -0.1) is 0 Å². The van der Waals surface area contributed by atoms with Crippen molar-refractivity contribution in [2.75, 3.05) is 5.73 Å². The van der Waals surface area contributed by atoms with E-state index in [1.54, 1.807) is 12.1 Å². The van der Waals surface area contributed by atoms with Gasteiger partial charge in [0.2, 0.25) is 10.0 Å². The molecule has 7 heteroatoms. The standard InChI is InChI=1S/C12H15BrN2O3S/c13-9-3-1-7(14)5-12(9)19(16,17)15-10-6-8-2-4-11(10)18-8/h1,3,5,8,10-11,15H,2,4,6,14H2. The third-order valence-corrected chi connectivity index (χ3v) is 6.14. The van der Waals surface area contributed by atoms with Crippen molar-refractivity contribution in [1.29, 1.82) is 0 Å². The van der Waals surface area contributed by atoms with E-state index >= 15 is 0 Å². The Morgan fingerprint density at radius 2 is 2.16 bits per heavy atom. The minimum absolute atomic E-state index is 0.0135. The first-order valence-corrected chi connectivity index (χ1v) is 8.46. The Kier molecular flexibility index (Phi) is 3.33. The molecule has 2 aliphatic heterocycles. The number of hydrogen-bond donors (Lipinski definition) is 2. The van der Waals surface area contributed by atoms with Gasteiger partial charge >= 0.3 is 0 Å². The predicted octanol–water partition coefficient (Wildman–Crippen LogP) is 1.63. The lowest BCUT2D eigenvalue weighted by molar-refractivity contribution is 0.0996. The number of halogens is 1. The van der Waals surface area contributed by atoms with Crippen LogP contribution in [-0.2, 0) is 14.8 Å². The summed E-state index contributed by atoms with van der Waals surface area (Å²) in [5, 5.41) is 0. The van der Waals surface area contributed by atoms with E-state index in [0.29, 0.717) is 10.2 Å². The second kappa shape index (κ2) is 4.73. The second-order valence-corrected chi connectivity index (χ2v) is 7.56. The van der Waals surface area contributed by atoms with E-state index in [1.165, 1.54) is 6.07 Å². The highest BCUT2D eigenvalue weighted by Gasteiger charge is 2.42. The zero-order valence-corrected chi connectivity index (χ0v) is 12.6. The Morgan fingerprint density at radius 1 is 1.37 bits per heavy atom. The molecule has 1 aromatic rings. The van der Waals surface area contributed by atoms with Crippen molar-refractivity contribution in [3.05, 3.63) is 22.7 Å². The molecule has 1 aromatic carbocycles. The fourth-order valence-electron chi connectivity index (χ4n) is 2.75. The molecule has 0 aliphatic carbocycles. The van der Waals surface area contributed by atoms with Crippen molar-refractivity contribution in [3.63, 3.8) is 0 Å². The van der Waals surface area contributed by atoms with Crippen molar-refractivity contribution in [3.8, 4) is 0 Å². The van der Waals surface area contributed by atoms with Gasteiger partial charge in [-0.05, 0) is 53.4 Å². The van der Waals surface area contributed by atoms with Crippen LogP contribution in [0, 0.1) is 0 Å². The quantitative estimate of drug-likeness (QED) is 0.815. The lowest BCUT2D eigenvalue weighted by Gasteiger charge is -2.20. The number of sulfonamides is 1. The normalized spacial score (nSPS) is 29.8. The molecular weight excluding hydrogens is 332 g/mol. The molecule has 3 rings (SSSR count). The molecular formula is C12H15BrN2O3S. The van der Waals surface area contributed by atoms with Crippen LogP contribution in [0.4, 0.5) is 5.69 Å². The number of anilines is 1. The molecule has 104 valence electrons. The average molecular weight is 347 g/mol. The molecule has 5 nitrogen and oxygen atoms in total. The molecule has 0 aromatic heterocycles. The number of hydrogen-bond acceptors (Lipinski definition) is 4. The Bertz CT molecular complexity index is 605. The number of benzene rings is 1. The van der Waals surface area contributed by atoms with Gasteiger partial charge in [0, 0.05) is 10.2 Å². The van der Waals surface area contributed by atoms with Gasteiger partial charge in [-0.1, -0.05) is 0 Å². The zero-order valence-electron chi connectivity index (χ0n) is 10.2. The maximum atomic E-state index is 12.4. The van der Waals surface area contributed by atoms with E-state index in [4.69, 9.17) is 10.5 Å². The van der Waals surface area contributed by atoms with Crippen molar-refractivity contribution in [1.82, 2.24) is 4.72 Å². The molecule has 2 bridgehead atoms. The number of rotatable bonds is 3. The van der Waals surface area contributed by atoms with Crippen LogP contribution >= 0.6 is 15.9 Å². The fourth-order valence-corrected chi connectivity index (χ4v) is 5.03. The van der Waals surface area contributed by atoms with Crippen LogP contribution in [-0.4, -0.2) is 26.7 Å². The van der Waals surface area contributed by atoms with Gasteiger partial charge < -0.3 is 10.5 Å². The smallest absolute Gasteiger partial charge is 0.242 e. The summed E-state index contributed by atoms with van der Waals surface area (Å²) in [4.78, 5) is 0.176. The summed E-state index contributed by atoms with van der Waals surface area (Å²) in [5.74, 6) is 0. The number of nitrogens with two attached hydrogens (primary N) is 1. The molecule has 0 radical (unpaired) electrons. The topological polar surface area (TPSA) is 81.4 Å². The lowest BCUT2D eigenvalue weighted by atomic mass is 9.96. The van der Waals surface area contributed by atoms with Crippen molar-refractivity contribution >= 4 is 31.6 Å². The molecule has 3 unspecified atom stereocenters. The number of fused-ring (bicyclic) bond motifs is 2. The van der Waals surface area contributed by atoms with Gasteiger partial charge in [-0.2, -0.15) is 0 Å². The minimum atomic E-state index is -3.58. The SMILES string of the molecule is Nc1ccc(Br)c(S(=O)(=O)NC2CC3CCC2O3)c1. The molecule has 19 heavy (non-hydrogen) atoms. The number of ether oxygens (including phenoxy) is 1. The second-order valence-electron chi connectivity index (χ2n) is 5.03. The van der Waals surface area contributed by atoms with Crippen LogP contribution in [0.1, 0.15) is 19.3 Å². The molecule has 3 atom stereocenters. The minimum Gasteiger partial charge on any atom is -0.399 e. The summed E-state index contributed by atoms with van der Waals surface area (Å²) in [6.07, 6.45) is 2.94. The molecule has 2 aliphatic rings. The van der Waals surface area contributed by atoms with Crippen LogP contribution in [0.3, 0.4) is 0 Å². The van der Waals surface area contributed by atoms with E-state index in [9.17, 15) is 8.42 Å². The van der Waals surface area contributed by atoms with Gasteiger partial charge in [0.15, 0.2) is 0 Å². The highest BCUT2D eigenvalue weighted by molar-refractivity contribution is 9.10. The van der Waals surface area contributed by atoms with Crippen LogP contribution in [0.15, 0.2) is 27.6 Å². The highest BCUT2D eigenvalue weighted by Crippen LogP contribution is 2.35. The van der Waals surface area contributed by atoms with Gasteiger partial charge in [-0.3, -0.25) is 0 Å². The first-order chi connectivity index (χ1) is 8.95. The fraction of sp³-hybridized carbons (Fsp3) is 0.500. The van der Waals surface area contributed by atoms with Gasteiger partial charge in [0.25, 0.3) is 0 Å².